The van der Waals surface area contributed by atoms with Crippen LogP contribution in [0.25, 0.3) is 10.8 Å². The first-order valence-electron chi connectivity index (χ1n) is 6.65. The van der Waals surface area contributed by atoms with Gasteiger partial charge in [-0.1, -0.05) is 30.3 Å². The number of fused-ring (bicyclic) bond motifs is 1. The van der Waals surface area contributed by atoms with E-state index in [9.17, 15) is 4.21 Å². The predicted octanol–water partition coefficient (Wildman–Crippen LogP) is 3.76. The summed E-state index contributed by atoms with van der Waals surface area (Å²) in [6.07, 6.45) is 1.08. The normalized spacial score (nSPS) is 13.0. The van der Waals surface area contributed by atoms with Crippen LogP contribution in [0.4, 0.5) is 0 Å². The Balaban J connectivity index is 1.97. The van der Waals surface area contributed by atoms with Crippen molar-refractivity contribution in [3.63, 3.8) is 0 Å². The van der Waals surface area contributed by atoms with E-state index in [0.29, 0.717) is 12.4 Å². The van der Waals surface area contributed by atoms with Crippen LogP contribution in [0.15, 0.2) is 47.4 Å². The molecule has 0 spiro atoms. The quantitative estimate of drug-likeness (QED) is 0.751. The van der Waals surface area contributed by atoms with Crippen molar-refractivity contribution in [1.29, 1.82) is 0 Å². The minimum atomic E-state index is -0.934. The van der Waals surface area contributed by atoms with Gasteiger partial charge in [0.15, 0.2) is 0 Å². The molecule has 2 rings (SSSR count). The van der Waals surface area contributed by atoms with Gasteiger partial charge < -0.3 is 4.74 Å². The molecule has 19 heavy (non-hydrogen) atoms. The lowest BCUT2D eigenvalue weighted by Crippen LogP contribution is -2.07. The van der Waals surface area contributed by atoms with Crippen molar-refractivity contribution in [2.75, 3.05) is 12.4 Å². The SMILES string of the molecule is CC(C)OCCC[S@@](=O)c1ccc2ccccc2c1. The highest BCUT2D eigenvalue weighted by molar-refractivity contribution is 7.85. The van der Waals surface area contributed by atoms with Gasteiger partial charge in [-0.05, 0) is 43.2 Å². The summed E-state index contributed by atoms with van der Waals surface area (Å²) in [5, 5.41) is 2.33. The van der Waals surface area contributed by atoms with Crippen LogP contribution in [0.2, 0.25) is 0 Å². The third-order valence-corrected chi connectivity index (χ3v) is 4.35. The summed E-state index contributed by atoms with van der Waals surface area (Å²) < 4.78 is 17.7. The highest BCUT2D eigenvalue weighted by Crippen LogP contribution is 2.18. The van der Waals surface area contributed by atoms with Gasteiger partial charge in [0.05, 0.1) is 16.9 Å². The second-order valence-electron chi connectivity index (χ2n) is 4.83. The molecule has 0 heterocycles. The molecular formula is C16H20O2S. The molecule has 3 heteroatoms. The van der Waals surface area contributed by atoms with E-state index in [0.717, 1.165) is 16.7 Å². The van der Waals surface area contributed by atoms with Gasteiger partial charge in [-0.15, -0.1) is 0 Å². The van der Waals surface area contributed by atoms with Crippen molar-refractivity contribution in [2.45, 2.75) is 31.3 Å². The van der Waals surface area contributed by atoms with Gasteiger partial charge in [0.25, 0.3) is 0 Å². The van der Waals surface area contributed by atoms with E-state index in [1.54, 1.807) is 0 Å². The Hall–Kier alpha value is -1.19. The van der Waals surface area contributed by atoms with Crippen LogP contribution in [0, 0.1) is 0 Å². The van der Waals surface area contributed by atoms with E-state index in [1.807, 2.05) is 44.2 Å². The third-order valence-electron chi connectivity index (χ3n) is 2.91. The predicted molar refractivity (Wildman–Crippen MR) is 80.9 cm³/mol. The third kappa shape index (κ3) is 4.15. The Labute approximate surface area is 117 Å². The molecule has 2 aromatic rings. The smallest absolute Gasteiger partial charge is 0.0530 e. The molecular weight excluding hydrogens is 256 g/mol. The summed E-state index contributed by atoms with van der Waals surface area (Å²) in [4.78, 5) is 0.906. The fourth-order valence-electron chi connectivity index (χ4n) is 1.94. The van der Waals surface area contributed by atoms with E-state index in [4.69, 9.17) is 4.74 Å². The molecule has 0 aliphatic heterocycles. The van der Waals surface area contributed by atoms with Crippen LogP contribution >= 0.6 is 0 Å². The summed E-state index contributed by atoms with van der Waals surface area (Å²) in [5.74, 6) is 0.658. The van der Waals surface area contributed by atoms with Gasteiger partial charge in [0, 0.05) is 17.3 Å². The monoisotopic (exact) mass is 276 g/mol. The molecule has 0 aliphatic carbocycles. The molecule has 2 aromatic carbocycles. The number of hydrogen-bond donors (Lipinski definition) is 0. The second kappa shape index (κ2) is 6.83. The molecule has 0 N–H and O–H groups in total. The molecule has 0 saturated carbocycles. The van der Waals surface area contributed by atoms with Gasteiger partial charge in [0.1, 0.15) is 0 Å². The molecule has 2 nitrogen and oxygen atoms in total. The van der Waals surface area contributed by atoms with Crippen LogP contribution < -0.4 is 0 Å². The van der Waals surface area contributed by atoms with Gasteiger partial charge in [0.2, 0.25) is 0 Å². The zero-order valence-corrected chi connectivity index (χ0v) is 12.3. The second-order valence-corrected chi connectivity index (χ2v) is 6.40. The first-order chi connectivity index (χ1) is 9.16. The molecule has 102 valence electrons. The van der Waals surface area contributed by atoms with Gasteiger partial charge in [-0.25, -0.2) is 0 Å². The Morgan fingerprint density at radius 3 is 2.58 bits per heavy atom. The Morgan fingerprint density at radius 1 is 1.11 bits per heavy atom. The van der Waals surface area contributed by atoms with E-state index in [-0.39, 0.29) is 6.10 Å². The lowest BCUT2D eigenvalue weighted by Gasteiger charge is -2.07. The van der Waals surface area contributed by atoms with E-state index >= 15 is 0 Å². The molecule has 0 bridgehead atoms. The van der Waals surface area contributed by atoms with Crippen molar-refractivity contribution in [3.05, 3.63) is 42.5 Å². The first kappa shape index (κ1) is 14.2. The minimum Gasteiger partial charge on any atom is -0.379 e. The number of rotatable bonds is 6. The van der Waals surface area contributed by atoms with Crippen LogP contribution in [0.1, 0.15) is 20.3 Å². The zero-order valence-electron chi connectivity index (χ0n) is 11.5. The number of ether oxygens (including phenoxy) is 1. The van der Waals surface area contributed by atoms with Crippen molar-refractivity contribution in [3.8, 4) is 0 Å². The Bertz CT molecular complexity index is 563. The summed E-state index contributed by atoms with van der Waals surface area (Å²) in [5.41, 5.74) is 0. The van der Waals surface area contributed by atoms with Crippen molar-refractivity contribution in [2.24, 2.45) is 0 Å². The van der Waals surface area contributed by atoms with Crippen molar-refractivity contribution < 1.29 is 8.95 Å². The first-order valence-corrected chi connectivity index (χ1v) is 7.97. The minimum absolute atomic E-state index is 0.245. The fraction of sp³-hybridized carbons (Fsp3) is 0.375. The molecule has 0 unspecified atom stereocenters. The Morgan fingerprint density at radius 2 is 1.84 bits per heavy atom. The molecule has 0 amide bonds. The topological polar surface area (TPSA) is 26.3 Å². The molecule has 1 atom stereocenters. The molecule has 0 fully saturated rings. The van der Waals surface area contributed by atoms with Crippen molar-refractivity contribution >= 4 is 21.6 Å². The van der Waals surface area contributed by atoms with Gasteiger partial charge in [-0.2, -0.15) is 0 Å². The van der Waals surface area contributed by atoms with E-state index in [1.165, 1.54) is 5.39 Å². The number of hydrogen-bond acceptors (Lipinski definition) is 2. The molecule has 0 aromatic heterocycles. The number of benzene rings is 2. The maximum absolute atomic E-state index is 12.2. The van der Waals surface area contributed by atoms with Crippen LogP contribution in [-0.2, 0) is 15.5 Å². The maximum atomic E-state index is 12.2. The highest BCUT2D eigenvalue weighted by atomic mass is 32.2. The Kier molecular flexibility index (Phi) is 5.11. The van der Waals surface area contributed by atoms with Crippen LogP contribution in [0.3, 0.4) is 0 Å². The van der Waals surface area contributed by atoms with Crippen molar-refractivity contribution in [1.82, 2.24) is 0 Å². The maximum Gasteiger partial charge on any atom is 0.0530 e. The summed E-state index contributed by atoms with van der Waals surface area (Å²) in [6, 6.07) is 14.2. The summed E-state index contributed by atoms with van der Waals surface area (Å²) in [7, 11) is -0.934. The lowest BCUT2D eigenvalue weighted by molar-refractivity contribution is 0.0798. The largest absolute Gasteiger partial charge is 0.379 e. The van der Waals surface area contributed by atoms with Crippen LogP contribution in [-0.4, -0.2) is 22.7 Å². The van der Waals surface area contributed by atoms with Crippen LogP contribution in [0.5, 0.6) is 0 Å². The lowest BCUT2D eigenvalue weighted by atomic mass is 10.1. The fourth-order valence-corrected chi connectivity index (χ4v) is 3.03. The van der Waals surface area contributed by atoms with Gasteiger partial charge in [-0.3, -0.25) is 4.21 Å². The summed E-state index contributed by atoms with van der Waals surface area (Å²) >= 11 is 0. The molecule has 0 saturated heterocycles. The molecule has 0 radical (unpaired) electrons. The average molecular weight is 276 g/mol. The van der Waals surface area contributed by atoms with E-state index in [2.05, 4.69) is 12.1 Å². The van der Waals surface area contributed by atoms with Gasteiger partial charge >= 0.3 is 0 Å². The molecule has 0 aliphatic rings. The zero-order chi connectivity index (χ0) is 13.7. The standard InChI is InChI=1S/C16H20O2S/c1-13(2)18-10-5-11-19(17)16-9-8-14-6-3-4-7-15(14)12-16/h3-4,6-9,12-13H,5,10-11H2,1-2H3/t19-/m1/s1. The highest BCUT2D eigenvalue weighted by Gasteiger charge is 2.05. The average Bonchev–Trinajstić information content (AvgIpc) is 2.42. The summed E-state index contributed by atoms with van der Waals surface area (Å²) in [6.45, 7) is 4.71. The van der Waals surface area contributed by atoms with E-state index < -0.39 is 10.8 Å².